The summed E-state index contributed by atoms with van der Waals surface area (Å²) in [7, 11) is 0. The molecule has 0 bridgehead atoms. The smallest absolute Gasteiger partial charge is 0.364 e. The third-order valence-electron chi connectivity index (χ3n) is 2.76. The van der Waals surface area contributed by atoms with Gasteiger partial charge in [-0.25, -0.2) is 0 Å². The molecule has 0 radical (unpaired) electrons. The van der Waals surface area contributed by atoms with E-state index in [0.29, 0.717) is 12.1 Å². The van der Waals surface area contributed by atoms with Gasteiger partial charge in [-0.3, -0.25) is 9.36 Å². The van der Waals surface area contributed by atoms with Gasteiger partial charge in [0.15, 0.2) is 5.82 Å². The van der Waals surface area contributed by atoms with Gasteiger partial charge in [0, 0.05) is 36.6 Å². The molecular weight excluding hydrogens is 271 g/mol. The van der Waals surface area contributed by atoms with E-state index in [9.17, 15) is 13.2 Å². The minimum Gasteiger partial charge on any atom is -0.364 e. The Kier molecular flexibility index (Phi) is 4.01. The zero-order valence-corrected chi connectivity index (χ0v) is 11.3. The topological polar surface area (TPSA) is 47.7 Å². The average Bonchev–Trinajstić information content (AvgIpc) is 2.91. The summed E-state index contributed by atoms with van der Waals surface area (Å²) in [5.41, 5.74) is 1.68. The minimum atomic E-state index is -4.26. The molecule has 0 fully saturated rings. The van der Waals surface area contributed by atoms with Crippen molar-refractivity contribution in [1.82, 2.24) is 19.6 Å². The molecule has 0 saturated carbocycles. The highest BCUT2D eigenvalue weighted by Gasteiger charge is 2.28. The second kappa shape index (κ2) is 5.56. The lowest BCUT2D eigenvalue weighted by molar-refractivity contribution is -0.142. The normalized spacial score (nSPS) is 11.8. The van der Waals surface area contributed by atoms with Gasteiger partial charge in [-0.2, -0.15) is 23.4 Å². The van der Waals surface area contributed by atoms with Crippen LogP contribution >= 0.6 is 0 Å². The molecule has 0 aliphatic carbocycles. The number of rotatable bonds is 5. The molecule has 0 spiro atoms. The number of halogens is 3. The van der Waals surface area contributed by atoms with Gasteiger partial charge in [0.05, 0.1) is 6.20 Å². The number of nitrogens with zero attached hydrogens (tertiary/aromatic N) is 4. The molecule has 2 rings (SSSR count). The Morgan fingerprint density at radius 2 is 2.00 bits per heavy atom. The second-order valence-electron chi connectivity index (χ2n) is 4.53. The lowest BCUT2D eigenvalue weighted by atomic mass is 10.3. The molecule has 2 aromatic rings. The Morgan fingerprint density at radius 1 is 1.25 bits per heavy atom. The van der Waals surface area contributed by atoms with Crippen LogP contribution in [0.5, 0.6) is 0 Å². The van der Waals surface area contributed by atoms with Crippen LogP contribution in [0.25, 0.3) is 0 Å². The van der Waals surface area contributed by atoms with Crippen molar-refractivity contribution in [3.05, 3.63) is 29.7 Å². The number of alkyl halides is 3. The fourth-order valence-corrected chi connectivity index (χ4v) is 1.81. The van der Waals surface area contributed by atoms with Crippen LogP contribution in [-0.4, -0.2) is 25.7 Å². The molecule has 5 nitrogen and oxygen atoms in total. The maximum atomic E-state index is 12.2. The molecule has 2 aromatic heterocycles. The maximum absolute atomic E-state index is 12.2. The predicted octanol–water partition coefficient (Wildman–Crippen LogP) is 2.58. The van der Waals surface area contributed by atoms with Crippen LogP contribution in [0, 0.1) is 6.92 Å². The van der Waals surface area contributed by atoms with Gasteiger partial charge in [-0.05, 0) is 13.8 Å². The molecule has 20 heavy (non-hydrogen) atoms. The highest BCUT2D eigenvalue weighted by molar-refractivity contribution is 5.42. The molecule has 0 atom stereocenters. The van der Waals surface area contributed by atoms with Gasteiger partial charge in [0.2, 0.25) is 0 Å². The van der Waals surface area contributed by atoms with Crippen LogP contribution in [0.2, 0.25) is 0 Å². The average molecular weight is 287 g/mol. The first-order valence-electron chi connectivity index (χ1n) is 6.23. The summed E-state index contributed by atoms with van der Waals surface area (Å²) >= 11 is 0. The van der Waals surface area contributed by atoms with Crippen LogP contribution in [0.3, 0.4) is 0 Å². The summed E-state index contributed by atoms with van der Waals surface area (Å²) < 4.78 is 39.3. The zero-order chi connectivity index (χ0) is 14.8. The summed E-state index contributed by atoms with van der Waals surface area (Å²) in [5, 5.41) is 11.1. The van der Waals surface area contributed by atoms with Crippen molar-refractivity contribution < 1.29 is 13.2 Å². The summed E-state index contributed by atoms with van der Waals surface area (Å²) in [6.45, 7) is 3.99. The SMILES string of the molecule is CCn1cc(C)c(NCc2cnn(CC(F)(F)F)c2)n1. The first-order valence-corrected chi connectivity index (χ1v) is 6.23. The van der Waals surface area contributed by atoms with Crippen molar-refractivity contribution in [2.75, 3.05) is 5.32 Å². The number of nitrogens with one attached hydrogen (secondary N) is 1. The first-order chi connectivity index (χ1) is 9.37. The van der Waals surface area contributed by atoms with E-state index >= 15 is 0 Å². The molecule has 0 aromatic carbocycles. The summed E-state index contributed by atoms with van der Waals surface area (Å²) in [6.07, 6.45) is 0.458. The number of hydrogen-bond donors (Lipinski definition) is 1. The van der Waals surface area contributed by atoms with Gasteiger partial charge >= 0.3 is 6.18 Å². The van der Waals surface area contributed by atoms with Crippen LogP contribution in [0.1, 0.15) is 18.1 Å². The zero-order valence-electron chi connectivity index (χ0n) is 11.3. The van der Waals surface area contributed by atoms with Crippen molar-refractivity contribution in [3.8, 4) is 0 Å². The Hall–Kier alpha value is -1.99. The van der Waals surface area contributed by atoms with Gasteiger partial charge in [0.1, 0.15) is 6.54 Å². The largest absolute Gasteiger partial charge is 0.408 e. The fourth-order valence-electron chi connectivity index (χ4n) is 1.81. The Bertz CT molecular complexity index is 570. The summed E-state index contributed by atoms with van der Waals surface area (Å²) in [4.78, 5) is 0. The number of aromatic nitrogens is 4. The lowest BCUT2D eigenvalue weighted by Crippen LogP contribution is -2.17. The van der Waals surface area contributed by atoms with E-state index in [4.69, 9.17) is 0 Å². The van der Waals surface area contributed by atoms with Crippen LogP contribution in [-0.2, 0) is 19.6 Å². The van der Waals surface area contributed by atoms with E-state index in [1.165, 1.54) is 12.4 Å². The molecular formula is C12H16F3N5. The monoisotopic (exact) mass is 287 g/mol. The summed E-state index contributed by atoms with van der Waals surface area (Å²) in [5.74, 6) is 0.732. The quantitative estimate of drug-likeness (QED) is 0.919. The molecule has 0 aliphatic rings. The van der Waals surface area contributed by atoms with E-state index in [0.717, 1.165) is 22.6 Å². The Balaban J connectivity index is 1.95. The highest BCUT2D eigenvalue weighted by atomic mass is 19.4. The van der Waals surface area contributed by atoms with Crippen LogP contribution in [0.15, 0.2) is 18.6 Å². The standard InChI is InChI=1S/C12H16F3N5/c1-3-19-6-9(2)11(18-19)16-4-10-5-17-20(7-10)8-12(13,14)15/h5-7H,3-4,8H2,1-2H3,(H,16,18). The van der Waals surface area contributed by atoms with Gasteiger partial charge < -0.3 is 5.32 Å². The Labute approximate surface area is 114 Å². The molecule has 0 aliphatic heterocycles. The molecule has 110 valence electrons. The number of aryl methyl sites for hydroxylation is 2. The fraction of sp³-hybridized carbons (Fsp3) is 0.500. The van der Waals surface area contributed by atoms with Gasteiger partial charge in [-0.15, -0.1) is 0 Å². The van der Waals surface area contributed by atoms with Crippen LogP contribution in [0.4, 0.5) is 19.0 Å². The molecule has 0 unspecified atom stereocenters. The molecule has 8 heteroatoms. The van der Waals surface area contributed by atoms with Crippen LogP contribution < -0.4 is 5.32 Å². The third kappa shape index (κ3) is 3.75. The lowest BCUT2D eigenvalue weighted by Gasteiger charge is -2.05. The van der Waals surface area contributed by atoms with Gasteiger partial charge in [0.25, 0.3) is 0 Å². The molecule has 0 amide bonds. The summed E-state index contributed by atoms with van der Waals surface area (Å²) in [6, 6.07) is 0. The van der Waals surface area contributed by atoms with Crippen molar-refractivity contribution in [3.63, 3.8) is 0 Å². The van der Waals surface area contributed by atoms with E-state index in [1.807, 2.05) is 20.0 Å². The molecule has 2 heterocycles. The van der Waals surface area contributed by atoms with E-state index in [1.54, 1.807) is 4.68 Å². The molecule has 0 saturated heterocycles. The minimum absolute atomic E-state index is 0.388. The number of anilines is 1. The van der Waals surface area contributed by atoms with Crippen molar-refractivity contribution in [2.45, 2.75) is 39.7 Å². The molecule has 1 N–H and O–H groups in total. The van der Waals surface area contributed by atoms with Crippen molar-refractivity contribution in [1.29, 1.82) is 0 Å². The van der Waals surface area contributed by atoms with E-state index in [-0.39, 0.29) is 0 Å². The van der Waals surface area contributed by atoms with E-state index in [2.05, 4.69) is 15.5 Å². The third-order valence-corrected chi connectivity index (χ3v) is 2.76. The van der Waals surface area contributed by atoms with Crippen molar-refractivity contribution >= 4 is 5.82 Å². The highest BCUT2D eigenvalue weighted by Crippen LogP contribution is 2.17. The van der Waals surface area contributed by atoms with E-state index < -0.39 is 12.7 Å². The van der Waals surface area contributed by atoms with Crippen molar-refractivity contribution in [2.24, 2.45) is 0 Å². The predicted molar refractivity (Wildman–Crippen MR) is 68.2 cm³/mol. The van der Waals surface area contributed by atoms with Gasteiger partial charge in [-0.1, -0.05) is 0 Å². The first kappa shape index (κ1) is 14.4. The Morgan fingerprint density at radius 3 is 2.60 bits per heavy atom. The number of hydrogen-bond acceptors (Lipinski definition) is 3. The maximum Gasteiger partial charge on any atom is 0.408 e. The second-order valence-corrected chi connectivity index (χ2v) is 4.53.